The maximum Gasteiger partial charge on any atom is 0.141 e. The van der Waals surface area contributed by atoms with E-state index in [0.29, 0.717) is 6.54 Å². The van der Waals surface area contributed by atoms with Crippen LogP contribution in [0.2, 0.25) is 5.02 Å². The normalized spacial score (nSPS) is 12.7. The second-order valence-electron chi connectivity index (χ2n) is 4.21. The third kappa shape index (κ3) is 2.71. The van der Waals surface area contributed by atoms with Crippen LogP contribution in [-0.4, -0.2) is 9.55 Å². The summed E-state index contributed by atoms with van der Waals surface area (Å²) in [5.41, 5.74) is 7.89. The molecule has 0 aliphatic rings. The molecule has 5 heteroatoms. The minimum absolute atomic E-state index is 0.0385. The predicted octanol–water partition coefficient (Wildman–Crippen LogP) is 3.13. The number of hydrogen-bond acceptors (Lipinski definition) is 2. The zero-order valence-corrected chi connectivity index (χ0v) is 10.9. The van der Waals surface area contributed by atoms with Crippen molar-refractivity contribution < 1.29 is 4.39 Å². The molecule has 0 saturated carbocycles. The van der Waals surface area contributed by atoms with Crippen LogP contribution >= 0.6 is 11.6 Å². The molecule has 0 aliphatic carbocycles. The summed E-state index contributed by atoms with van der Waals surface area (Å²) in [7, 11) is 0. The fraction of sp³-hybridized carbons (Fsp3) is 0.308. The minimum Gasteiger partial charge on any atom is -0.329 e. The highest BCUT2D eigenvalue weighted by atomic mass is 35.5. The zero-order chi connectivity index (χ0) is 13.1. The first-order chi connectivity index (χ1) is 8.61. The molecule has 2 aromatic rings. The minimum atomic E-state index is -0.406. The summed E-state index contributed by atoms with van der Waals surface area (Å²) in [5.74, 6) is -0.406. The smallest absolute Gasteiger partial charge is 0.141 e. The van der Waals surface area contributed by atoms with Crippen molar-refractivity contribution in [2.24, 2.45) is 5.73 Å². The van der Waals surface area contributed by atoms with Crippen molar-refractivity contribution in [1.29, 1.82) is 0 Å². The molecule has 0 unspecified atom stereocenters. The molecule has 0 radical (unpaired) electrons. The van der Waals surface area contributed by atoms with Gasteiger partial charge in [-0.3, -0.25) is 0 Å². The van der Waals surface area contributed by atoms with Gasteiger partial charge < -0.3 is 10.3 Å². The lowest BCUT2D eigenvalue weighted by atomic mass is 10.1. The van der Waals surface area contributed by atoms with Gasteiger partial charge in [-0.1, -0.05) is 24.6 Å². The molecule has 0 bridgehead atoms. The van der Waals surface area contributed by atoms with Crippen LogP contribution in [0.1, 0.15) is 30.6 Å². The zero-order valence-electron chi connectivity index (χ0n) is 10.1. The van der Waals surface area contributed by atoms with E-state index in [-0.39, 0.29) is 11.1 Å². The lowest BCUT2D eigenvalue weighted by Crippen LogP contribution is -2.14. The van der Waals surface area contributed by atoms with Gasteiger partial charge in [0.15, 0.2) is 0 Å². The number of hydrogen-bond donors (Lipinski definition) is 1. The van der Waals surface area contributed by atoms with Crippen LogP contribution < -0.4 is 5.73 Å². The van der Waals surface area contributed by atoms with E-state index in [1.165, 1.54) is 6.07 Å². The molecule has 1 aromatic carbocycles. The van der Waals surface area contributed by atoms with Gasteiger partial charge in [0.05, 0.1) is 17.0 Å². The van der Waals surface area contributed by atoms with Gasteiger partial charge in [0.1, 0.15) is 5.82 Å². The third-order valence-electron chi connectivity index (χ3n) is 2.90. The van der Waals surface area contributed by atoms with Crippen LogP contribution in [0.5, 0.6) is 0 Å². The standard InChI is InChI=1S/C13H15ClFN3/c1-2-12(16)13-6-17-8-18(13)7-9-3-4-11(15)10(14)5-9/h3-6,8,12H,2,7,16H2,1H3/t12-/m1/s1. The number of benzene rings is 1. The first kappa shape index (κ1) is 13.1. The number of halogens is 2. The van der Waals surface area contributed by atoms with Gasteiger partial charge in [-0.15, -0.1) is 0 Å². The Balaban J connectivity index is 2.23. The SMILES string of the molecule is CC[C@@H](N)c1cncn1Cc1ccc(F)c(Cl)c1. The van der Waals surface area contributed by atoms with Gasteiger partial charge in [-0.25, -0.2) is 9.37 Å². The number of rotatable bonds is 4. The Morgan fingerprint density at radius 1 is 1.50 bits per heavy atom. The van der Waals surface area contributed by atoms with E-state index in [0.717, 1.165) is 17.7 Å². The van der Waals surface area contributed by atoms with E-state index >= 15 is 0 Å². The lowest BCUT2D eigenvalue weighted by Gasteiger charge is -2.13. The van der Waals surface area contributed by atoms with Crippen molar-refractivity contribution >= 4 is 11.6 Å². The predicted molar refractivity (Wildman–Crippen MR) is 70.0 cm³/mol. The number of nitrogens with two attached hydrogens (primary N) is 1. The Kier molecular flexibility index (Phi) is 3.99. The molecule has 0 fully saturated rings. The second-order valence-corrected chi connectivity index (χ2v) is 4.62. The fourth-order valence-electron chi connectivity index (χ4n) is 1.82. The first-order valence-electron chi connectivity index (χ1n) is 5.81. The Morgan fingerprint density at radius 2 is 2.28 bits per heavy atom. The third-order valence-corrected chi connectivity index (χ3v) is 3.19. The molecule has 0 amide bonds. The van der Waals surface area contributed by atoms with Gasteiger partial charge in [-0.2, -0.15) is 0 Å². The fourth-order valence-corrected chi connectivity index (χ4v) is 2.02. The second kappa shape index (κ2) is 5.50. The quantitative estimate of drug-likeness (QED) is 0.925. The van der Waals surface area contributed by atoms with Crippen molar-refractivity contribution in [3.05, 3.63) is 52.8 Å². The van der Waals surface area contributed by atoms with Gasteiger partial charge >= 0.3 is 0 Å². The molecule has 3 nitrogen and oxygen atoms in total. The number of aromatic nitrogens is 2. The molecule has 1 aromatic heterocycles. The Hall–Kier alpha value is -1.39. The molecule has 0 spiro atoms. The molecule has 2 N–H and O–H groups in total. The van der Waals surface area contributed by atoms with Crippen molar-refractivity contribution in [3.8, 4) is 0 Å². The highest BCUT2D eigenvalue weighted by Crippen LogP contribution is 2.19. The Morgan fingerprint density at radius 3 is 2.94 bits per heavy atom. The van der Waals surface area contributed by atoms with Crippen LogP contribution in [0, 0.1) is 5.82 Å². The lowest BCUT2D eigenvalue weighted by molar-refractivity contribution is 0.613. The van der Waals surface area contributed by atoms with Crippen molar-refractivity contribution in [1.82, 2.24) is 9.55 Å². The first-order valence-corrected chi connectivity index (χ1v) is 6.19. The highest BCUT2D eigenvalue weighted by molar-refractivity contribution is 6.30. The topological polar surface area (TPSA) is 43.8 Å². The van der Waals surface area contributed by atoms with E-state index in [1.807, 2.05) is 11.5 Å². The monoisotopic (exact) mass is 267 g/mol. The largest absolute Gasteiger partial charge is 0.329 e. The molecule has 0 aliphatic heterocycles. The Bertz CT molecular complexity index is 539. The van der Waals surface area contributed by atoms with Gasteiger partial charge in [-0.05, 0) is 24.1 Å². The van der Waals surface area contributed by atoms with Gasteiger partial charge in [0, 0.05) is 18.8 Å². The van der Waals surface area contributed by atoms with Gasteiger partial charge in [0.2, 0.25) is 0 Å². The summed E-state index contributed by atoms with van der Waals surface area (Å²) < 4.78 is 15.0. The molecule has 18 heavy (non-hydrogen) atoms. The van der Waals surface area contributed by atoms with Crippen LogP contribution in [0.15, 0.2) is 30.7 Å². The molecular formula is C13H15ClFN3. The van der Waals surface area contributed by atoms with E-state index < -0.39 is 5.82 Å². The van der Waals surface area contributed by atoms with E-state index in [2.05, 4.69) is 4.98 Å². The summed E-state index contributed by atoms with van der Waals surface area (Å²) in [5, 5.41) is 0.133. The van der Waals surface area contributed by atoms with Crippen molar-refractivity contribution in [2.45, 2.75) is 25.9 Å². The van der Waals surface area contributed by atoms with Crippen LogP contribution in [0.3, 0.4) is 0 Å². The summed E-state index contributed by atoms with van der Waals surface area (Å²) in [6, 6.07) is 4.66. The van der Waals surface area contributed by atoms with E-state index in [9.17, 15) is 4.39 Å². The summed E-state index contributed by atoms with van der Waals surface area (Å²) in [4.78, 5) is 4.10. The van der Waals surface area contributed by atoms with Crippen LogP contribution in [-0.2, 0) is 6.54 Å². The summed E-state index contributed by atoms with van der Waals surface area (Å²) in [6.07, 6.45) is 4.33. The van der Waals surface area contributed by atoms with Crippen LogP contribution in [0.25, 0.3) is 0 Å². The van der Waals surface area contributed by atoms with Gasteiger partial charge in [0.25, 0.3) is 0 Å². The molecular weight excluding hydrogens is 253 g/mol. The molecule has 1 atom stereocenters. The molecule has 96 valence electrons. The number of nitrogens with zero attached hydrogens (tertiary/aromatic N) is 2. The van der Waals surface area contributed by atoms with Crippen molar-refractivity contribution in [3.63, 3.8) is 0 Å². The summed E-state index contributed by atoms with van der Waals surface area (Å²) >= 11 is 5.76. The average Bonchev–Trinajstić information content (AvgIpc) is 2.81. The number of imidazole rings is 1. The average molecular weight is 268 g/mol. The molecule has 0 saturated heterocycles. The maximum atomic E-state index is 13.1. The highest BCUT2D eigenvalue weighted by Gasteiger charge is 2.10. The maximum absolute atomic E-state index is 13.1. The summed E-state index contributed by atoms with van der Waals surface area (Å²) in [6.45, 7) is 2.61. The van der Waals surface area contributed by atoms with E-state index in [1.54, 1.807) is 24.7 Å². The Labute approximate surface area is 110 Å². The molecule has 1 heterocycles. The molecule has 2 rings (SSSR count). The van der Waals surface area contributed by atoms with E-state index in [4.69, 9.17) is 17.3 Å². The van der Waals surface area contributed by atoms with Crippen LogP contribution in [0.4, 0.5) is 4.39 Å². The van der Waals surface area contributed by atoms with Crippen molar-refractivity contribution in [2.75, 3.05) is 0 Å².